The smallest absolute Gasteiger partial charge is 0.246 e. The molecule has 2 atom stereocenters. The lowest BCUT2D eigenvalue weighted by Gasteiger charge is -2.34. The molecule has 2 bridgehead atoms. The Morgan fingerprint density at radius 3 is 2.19 bits per heavy atom. The van der Waals surface area contributed by atoms with Gasteiger partial charge in [0.2, 0.25) is 0 Å². The highest BCUT2D eigenvalue weighted by Gasteiger charge is 2.59. The van der Waals surface area contributed by atoms with Crippen LogP contribution in [0.5, 0.6) is 0 Å². The van der Waals surface area contributed by atoms with Crippen molar-refractivity contribution in [2.24, 2.45) is 0 Å². The van der Waals surface area contributed by atoms with Gasteiger partial charge in [0.05, 0.1) is 11.2 Å². The van der Waals surface area contributed by atoms with E-state index in [2.05, 4.69) is 35.9 Å². The Morgan fingerprint density at radius 1 is 1.00 bits per heavy atom. The van der Waals surface area contributed by atoms with Crippen LogP contribution in [0.3, 0.4) is 0 Å². The van der Waals surface area contributed by atoms with E-state index in [1.807, 2.05) is 24.3 Å². The third-order valence-corrected chi connectivity index (χ3v) is 6.39. The molecule has 0 radical (unpaired) electrons. The van der Waals surface area contributed by atoms with Crippen LogP contribution in [0.4, 0.5) is 0 Å². The zero-order chi connectivity index (χ0) is 18.6. The summed E-state index contributed by atoms with van der Waals surface area (Å²) in [6.07, 6.45) is 4.55. The number of hydrogen-bond acceptors (Lipinski definition) is 2. The van der Waals surface area contributed by atoms with E-state index >= 15 is 0 Å². The molecular weight excluding hydrogens is 338 g/mol. The molecule has 3 aromatic rings. The van der Waals surface area contributed by atoms with Crippen molar-refractivity contribution >= 4 is 0 Å². The van der Waals surface area contributed by atoms with E-state index in [4.69, 9.17) is 0 Å². The second kappa shape index (κ2) is 5.71. The molecule has 1 fully saturated rings. The Morgan fingerprint density at radius 2 is 1.59 bits per heavy atom. The summed E-state index contributed by atoms with van der Waals surface area (Å²) < 4.78 is 2.83. The molecule has 5 heteroatoms. The van der Waals surface area contributed by atoms with Gasteiger partial charge in [0.1, 0.15) is 0 Å². The van der Waals surface area contributed by atoms with E-state index in [1.54, 1.807) is 16.8 Å². The van der Waals surface area contributed by atoms with Gasteiger partial charge in [-0.2, -0.15) is 0 Å². The fourth-order valence-corrected chi connectivity index (χ4v) is 5.46. The quantitative estimate of drug-likeness (QED) is 0.727. The van der Waals surface area contributed by atoms with Gasteiger partial charge in [-0.15, -0.1) is 6.58 Å². The first-order valence-electron chi connectivity index (χ1n) is 9.38. The summed E-state index contributed by atoms with van der Waals surface area (Å²) in [4.78, 5) is 26.1. The monoisotopic (exact) mass is 359 g/mol. The standard InChI is InChI=1S/C22H21N3O2/c1-2-14-22(18-12-13-19(22)17-11-7-6-10-16(17)18)25-21(27)24(20(26)23-25)15-8-4-3-5-9-15/h2-11,18-19H,1,12-14H2,(H,23,26). The highest BCUT2D eigenvalue weighted by atomic mass is 16.2. The summed E-state index contributed by atoms with van der Waals surface area (Å²) in [5, 5.41) is 2.88. The van der Waals surface area contributed by atoms with Crippen molar-refractivity contribution in [2.75, 3.05) is 0 Å². The summed E-state index contributed by atoms with van der Waals surface area (Å²) in [6.45, 7) is 3.96. The molecule has 5 nitrogen and oxygen atoms in total. The maximum Gasteiger partial charge on any atom is 0.352 e. The predicted molar refractivity (Wildman–Crippen MR) is 105 cm³/mol. The number of para-hydroxylation sites is 1. The normalized spacial score (nSPS) is 25.5. The molecule has 0 amide bonds. The Labute approximate surface area is 156 Å². The minimum Gasteiger partial charge on any atom is -0.246 e. The van der Waals surface area contributed by atoms with E-state index in [0.29, 0.717) is 12.1 Å². The van der Waals surface area contributed by atoms with Crippen LogP contribution in [0.2, 0.25) is 0 Å². The number of benzene rings is 2. The SMILES string of the molecule is C=CCC1(n2[nH]c(=O)n(-c3ccccc3)c2=O)C2CCC1c1ccccc12. The number of aromatic amines is 1. The average molecular weight is 359 g/mol. The van der Waals surface area contributed by atoms with Crippen LogP contribution in [0, 0.1) is 0 Å². The van der Waals surface area contributed by atoms with Crippen LogP contribution in [0.1, 0.15) is 42.2 Å². The molecule has 1 saturated carbocycles. The fraction of sp³-hybridized carbons (Fsp3) is 0.273. The van der Waals surface area contributed by atoms with Gasteiger partial charge in [0.15, 0.2) is 0 Å². The van der Waals surface area contributed by atoms with Crippen LogP contribution in [0.15, 0.2) is 76.8 Å². The number of fused-ring (bicyclic) bond motifs is 5. The van der Waals surface area contributed by atoms with Crippen LogP contribution in [0.25, 0.3) is 5.69 Å². The molecule has 2 aliphatic carbocycles. The molecule has 2 aromatic carbocycles. The Kier molecular flexibility index (Phi) is 3.41. The molecule has 1 aromatic heterocycles. The van der Waals surface area contributed by atoms with Crippen molar-refractivity contribution in [3.8, 4) is 5.69 Å². The van der Waals surface area contributed by atoms with Crippen molar-refractivity contribution in [1.29, 1.82) is 0 Å². The first kappa shape index (κ1) is 16.1. The van der Waals surface area contributed by atoms with E-state index in [-0.39, 0.29) is 17.5 Å². The highest BCUT2D eigenvalue weighted by molar-refractivity contribution is 5.47. The average Bonchev–Trinajstić information content (AvgIpc) is 3.30. The summed E-state index contributed by atoms with van der Waals surface area (Å²) in [6, 6.07) is 17.5. The Hall–Kier alpha value is -3.08. The van der Waals surface area contributed by atoms with Gasteiger partial charge in [0, 0.05) is 11.8 Å². The van der Waals surface area contributed by atoms with Gasteiger partial charge in [-0.05, 0) is 42.5 Å². The third kappa shape index (κ3) is 1.99. The van der Waals surface area contributed by atoms with Crippen molar-refractivity contribution in [1.82, 2.24) is 14.3 Å². The summed E-state index contributed by atoms with van der Waals surface area (Å²) in [5.41, 5.74) is 2.00. The zero-order valence-electron chi connectivity index (χ0n) is 15.0. The predicted octanol–water partition coefficient (Wildman–Crippen LogP) is 3.27. The maximum atomic E-state index is 13.4. The second-order valence-corrected chi connectivity index (χ2v) is 7.50. The summed E-state index contributed by atoms with van der Waals surface area (Å²) in [5.74, 6) is 0.411. The number of H-pyrrole nitrogens is 1. The molecular formula is C22H21N3O2. The van der Waals surface area contributed by atoms with Gasteiger partial charge in [-0.25, -0.2) is 23.9 Å². The molecule has 27 heavy (non-hydrogen) atoms. The van der Waals surface area contributed by atoms with E-state index in [0.717, 1.165) is 12.8 Å². The summed E-state index contributed by atoms with van der Waals surface area (Å²) >= 11 is 0. The van der Waals surface area contributed by atoms with Crippen LogP contribution in [-0.2, 0) is 5.54 Å². The van der Waals surface area contributed by atoms with Crippen molar-refractivity contribution < 1.29 is 0 Å². The van der Waals surface area contributed by atoms with Gasteiger partial charge in [-0.1, -0.05) is 48.5 Å². The number of rotatable bonds is 4. The first-order valence-corrected chi connectivity index (χ1v) is 9.38. The Bertz CT molecular complexity index is 1110. The first-order chi connectivity index (χ1) is 13.2. The molecule has 2 unspecified atom stereocenters. The van der Waals surface area contributed by atoms with Crippen molar-refractivity contribution in [2.45, 2.75) is 36.6 Å². The number of nitrogens with one attached hydrogen (secondary N) is 1. The van der Waals surface area contributed by atoms with E-state index in [1.165, 1.54) is 15.7 Å². The lowest BCUT2D eigenvalue weighted by molar-refractivity contribution is 0.218. The number of nitrogens with zero attached hydrogens (tertiary/aromatic N) is 2. The number of aromatic nitrogens is 3. The fourth-order valence-electron chi connectivity index (χ4n) is 5.46. The van der Waals surface area contributed by atoms with Crippen LogP contribution >= 0.6 is 0 Å². The van der Waals surface area contributed by atoms with Gasteiger partial charge in [-0.3, -0.25) is 0 Å². The molecule has 5 rings (SSSR count). The molecule has 0 aliphatic heterocycles. The molecule has 136 valence electrons. The maximum absolute atomic E-state index is 13.4. The highest BCUT2D eigenvalue weighted by Crippen LogP contribution is 2.64. The number of hydrogen-bond donors (Lipinski definition) is 1. The molecule has 0 spiro atoms. The van der Waals surface area contributed by atoms with Gasteiger partial charge in [0.25, 0.3) is 0 Å². The minimum absolute atomic E-state index is 0.205. The Balaban J connectivity index is 1.76. The molecule has 0 saturated heterocycles. The lowest BCUT2D eigenvalue weighted by atomic mass is 9.82. The van der Waals surface area contributed by atoms with Crippen molar-refractivity contribution in [3.05, 3.63) is 99.3 Å². The van der Waals surface area contributed by atoms with Crippen molar-refractivity contribution in [3.63, 3.8) is 0 Å². The van der Waals surface area contributed by atoms with E-state index in [9.17, 15) is 9.59 Å². The van der Waals surface area contributed by atoms with Gasteiger partial charge < -0.3 is 0 Å². The third-order valence-electron chi connectivity index (χ3n) is 6.39. The summed E-state index contributed by atoms with van der Waals surface area (Å²) in [7, 11) is 0. The largest absolute Gasteiger partial charge is 0.352 e. The van der Waals surface area contributed by atoms with E-state index < -0.39 is 11.2 Å². The van der Waals surface area contributed by atoms with Crippen LogP contribution < -0.4 is 11.4 Å². The topological polar surface area (TPSA) is 59.8 Å². The van der Waals surface area contributed by atoms with Crippen LogP contribution in [-0.4, -0.2) is 14.3 Å². The second-order valence-electron chi connectivity index (χ2n) is 7.50. The van der Waals surface area contributed by atoms with Gasteiger partial charge >= 0.3 is 11.4 Å². The minimum atomic E-state index is -0.484. The lowest BCUT2D eigenvalue weighted by Crippen LogP contribution is -2.44. The zero-order valence-corrected chi connectivity index (χ0v) is 15.0. The molecule has 1 heterocycles. The number of allylic oxidation sites excluding steroid dienone is 1. The molecule has 1 N–H and O–H groups in total. The molecule has 2 aliphatic rings.